The molecule has 0 spiro atoms. The highest BCUT2D eigenvalue weighted by Crippen LogP contribution is 2.26. The largest absolute Gasteiger partial charge is 0.399 e. The Morgan fingerprint density at radius 2 is 1.82 bits per heavy atom. The van der Waals surface area contributed by atoms with Crippen molar-refractivity contribution in [1.29, 1.82) is 0 Å². The van der Waals surface area contributed by atoms with Gasteiger partial charge < -0.3 is 11.1 Å². The molecule has 0 saturated carbocycles. The fraction of sp³-hybridized carbons (Fsp3) is 0.278. The molecular formula is C18H22N2OS. The quantitative estimate of drug-likeness (QED) is 0.631. The summed E-state index contributed by atoms with van der Waals surface area (Å²) in [6, 6.07) is 15.5. The summed E-state index contributed by atoms with van der Waals surface area (Å²) in [6.45, 7) is 4.87. The number of carbonyl (C=O) groups excluding carboxylic acids is 1. The molecular weight excluding hydrogens is 292 g/mol. The summed E-state index contributed by atoms with van der Waals surface area (Å²) in [5, 5.41) is 3.44. The normalized spacial score (nSPS) is 10.7. The van der Waals surface area contributed by atoms with Crippen molar-refractivity contribution in [1.82, 2.24) is 5.32 Å². The van der Waals surface area contributed by atoms with Gasteiger partial charge in [0.2, 0.25) is 0 Å². The number of anilines is 1. The van der Waals surface area contributed by atoms with E-state index < -0.39 is 0 Å². The van der Waals surface area contributed by atoms with Gasteiger partial charge in [0.15, 0.2) is 0 Å². The van der Waals surface area contributed by atoms with E-state index in [0.717, 1.165) is 22.6 Å². The molecule has 0 radical (unpaired) electrons. The number of nitrogens with one attached hydrogen (secondary N) is 1. The summed E-state index contributed by atoms with van der Waals surface area (Å²) in [4.78, 5) is 13.4. The van der Waals surface area contributed by atoms with Gasteiger partial charge in [-0.1, -0.05) is 38.1 Å². The monoisotopic (exact) mass is 314 g/mol. The van der Waals surface area contributed by atoms with Gasteiger partial charge in [-0.05, 0) is 36.2 Å². The van der Waals surface area contributed by atoms with Crippen LogP contribution in [-0.2, 0) is 6.42 Å². The minimum Gasteiger partial charge on any atom is -0.399 e. The molecule has 22 heavy (non-hydrogen) atoms. The zero-order valence-corrected chi connectivity index (χ0v) is 13.8. The summed E-state index contributed by atoms with van der Waals surface area (Å²) in [5.74, 6) is -0.0146. The first kappa shape index (κ1) is 16.4. The average molecular weight is 314 g/mol. The standard InChI is InChI=1S/C18H22N2OS/c1-13(2)22-17-6-4-3-5-16(17)18(21)20-12-11-14-7-9-15(19)10-8-14/h3-10,13H,11-12,19H2,1-2H3,(H,20,21). The molecule has 3 nitrogen and oxygen atoms in total. The molecule has 2 aromatic carbocycles. The first-order chi connectivity index (χ1) is 10.6. The van der Waals surface area contributed by atoms with Gasteiger partial charge in [0.25, 0.3) is 5.91 Å². The van der Waals surface area contributed by atoms with Crippen molar-refractivity contribution in [3.05, 3.63) is 59.7 Å². The van der Waals surface area contributed by atoms with Crippen LogP contribution in [0.5, 0.6) is 0 Å². The van der Waals surface area contributed by atoms with Crippen LogP contribution in [0.4, 0.5) is 5.69 Å². The predicted octanol–water partition coefficient (Wildman–Crippen LogP) is 3.74. The predicted molar refractivity (Wildman–Crippen MR) is 94.3 cm³/mol. The summed E-state index contributed by atoms with van der Waals surface area (Å²) >= 11 is 1.71. The molecule has 3 N–H and O–H groups in total. The number of nitrogens with two attached hydrogens (primary N) is 1. The topological polar surface area (TPSA) is 55.1 Å². The van der Waals surface area contributed by atoms with Gasteiger partial charge in [-0.15, -0.1) is 11.8 Å². The average Bonchev–Trinajstić information content (AvgIpc) is 2.49. The van der Waals surface area contributed by atoms with Crippen LogP contribution in [0, 0.1) is 0 Å². The molecule has 0 atom stereocenters. The van der Waals surface area contributed by atoms with Crippen LogP contribution in [0.2, 0.25) is 0 Å². The van der Waals surface area contributed by atoms with Gasteiger partial charge in [-0.3, -0.25) is 4.79 Å². The van der Waals surface area contributed by atoms with Gasteiger partial charge in [0, 0.05) is 22.4 Å². The number of hydrogen-bond donors (Lipinski definition) is 2. The number of rotatable bonds is 6. The van der Waals surface area contributed by atoms with Gasteiger partial charge in [0.05, 0.1) is 5.56 Å². The molecule has 0 aliphatic heterocycles. The Morgan fingerprint density at radius 3 is 2.50 bits per heavy atom. The number of hydrogen-bond acceptors (Lipinski definition) is 3. The maximum atomic E-state index is 12.3. The van der Waals surface area contributed by atoms with E-state index in [1.54, 1.807) is 11.8 Å². The smallest absolute Gasteiger partial charge is 0.252 e. The maximum absolute atomic E-state index is 12.3. The summed E-state index contributed by atoms with van der Waals surface area (Å²) < 4.78 is 0. The van der Waals surface area contributed by atoms with E-state index in [-0.39, 0.29) is 5.91 Å². The number of amides is 1. The first-order valence-corrected chi connectivity index (χ1v) is 8.32. The van der Waals surface area contributed by atoms with E-state index in [2.05, 4.69) is 19.2 Å². The lowest BCUT2D eigenvalue weighted by Gasteiger charge is -2.11. The van der Waals surface area contributed by atoms with E-state index in [4.69, 9.17) is 5.73 Å². The second kappa shape index (κ2) is 7.90. The third kappa shape index (κ3) is 4.81. The Kier molecular flexibility index (Phi) is 5.90. The van der Waals surface area contributed by atoms with Crippen molar-refractivity contribution >= 4 is 23.4 Å². The van der Waals surface area contributed by atoms with E-state index >= 15 is 0 Å². The Hall–Kier alpha value is -1.94. The minimum absolute atomic E-state index is 0.0146. The lowest BCUT2D eigenvalue weighted by molar-refractivity contribution is 0.0951. The van der Waals surface area contributed by atoms with Crippen molar-refractivity contribution in [2.75, 3.05) is 12.3 Å². The molecule has 0 bridgehead atoms. The van der Waals surface area contributed by atoms with Crippen LogP contribution in [0.1, 0.15) is 29.8 Å². The SMILES string of the molecule is CC(C)Sc1ccccc1C(=O)NCCc1ccc(N)cc1. The van der Waals surface area contributed by atoms with Crippen LogP contribution in [-0.4, -0.2) is 17.7 Å². The van der Waals surface area contributed by atoms with E-state index in [0.29, 0.717) is 11.8 Å². The molecule has 0 heterocycles. The first-order valence-electron chi connectivity index (χ1n) is 7.44. The molecule has 116 valence electrons. The Morgan fingerprint density at radius 1 is 1.14 bits per heavy atom. The van der Waals surface area contributed by atoms with E-state index in [1.807, 2.05) is 48.5 Å². The highest BCUT2D eigenvalue weighted by atomic mass is 32.2. The van der Waals surface area contributed by atoms with Gasteiger partial charge >= 0.3 is 0 Å². The minimum atomic E-state index is -0.0146. The molecule has 0 saturated heterocycles. The number of nitrogen functional groups attached to an aromatic ring is 1. The molecule has 1 amide bonds. The summed E-state index contributed by atoms with van der Waals surface area (Å²) in [5.41, 5.74) is 8.34. The fourth-order valence-corrected chi connectivity index (χ4v) is 3.06. The summed E-state index contributed by atoms with van der Waals surface area (Å²) in [6.07, 6.45) is 0.797. The Bertz CT molecular complexity index is 623. The second-order valence-corrected chi connectivity index (χ2v) is 7.03. The zero-order valence-electron chi connectivity index (χ0n) is 13.0. The highest BCUT2D eigenvalue weighted by Gasteiger charge is 2.11. The zero-order chi connectivity index (χ0) is 15.9. The van der Waals surface area contributed by atoms with Crippen LogP contribution < -0.4 is 11.1 Å². The maximum Gasteiger partial charge on any atom is 0.252 e. The van der Waals surface area contributed by atoms with Crippen molar-refractivity contribution in [3.63, 3.8) is 0 Å². The molecule has 0 aliphatic rings. The third-order valence-corrected chi connectivity index (χ3v) is 4.25. The molecule has 0 unspecified atom stereocenters. The van der Waals surface area contributed by atoms with Crippen LogP contribution in [0.15, 0.2) is 53.4 Å². The molecule has 2 rings (SSSR count). The van der Waals surface area contributed by atoms with Crippen molar-refractivity contribution < 1.29 is 4.79 Å². The van der Waals surface area contributed by atoms with Gasteiger partial charge in [0.1, 0.15) is 0 Å². The molecule has 0 fully saturated rings. The number of thioether (sulfide) groups is 1. The van der Waals surface area contributed by atoms with E-state index in [9.17, 15) is 4.79 Å². The second-order valence-electron chi connectivity index (χ2n) is 5.41. The highest BCUT2D eigenvalue weighted by molar-refractivity contribution is 8.00. The Balaban J connectivity index is 1.93. The van der Waals surface area contributed by atoms with E-state index in [1.165, 1.54) is 5.56 Å². The third-order valence-electron chi connectivity index (χ3n) is 3.17. The van der Waals surface area contributed by atoms with Gasteiger partial charge in [-0.2, -0.15) is 0 Å². The lowest BCUT2D eigenvalue weighted by atomic mass is 10.1. The van der Waals surface area contributed by atoms with Crippen molar-refractivity contribution in [2.24, 2.45) is 0 Å². The fourth-order valence-electron chi connectivity index (χ4n) is 2.11. The van der Waals surface area contributed by atoms with Crippen molar-refractivity contribution in [3.8, 4) is 0 Å². The van der Waals surface area contributed by atoms with Crippen molar-refractivity contribution in [2.45, 2.75) is 30.4 Å². The molecule has 4 heteroatoms. The molecule has 2 aromatic rings. The number of benzene rings is 2. The molecule has 0 aromatic heterocycles. The molecule has 0 aliphatic carbocycles. The van der Waals surface area contributed by atoms with Gasteiger partial charge in [-0.25, -0.2) is 0 Å². The lowest BCUT2D eigenvalue weighted by Crippen LogP contribution is -2.26. The van der Waals surface area contributed by atoms with Crippen LogP contribution in [0.25, 0.3) is 0 Å². The number of carbonyl (C=O) groups is 1. The van der Waals surface area contributed by atoms with Crippen LogP contribution >= 0.6 is 11.8 Å². The summed E-state index contributed by atoms with van der Waals surface area (Å²) in [7, 11) is 0. The Labute approximate surface area is 136 Å². The van der Waals surface area contributed by atoms with Crippen LogP contribution in [0.3, 0.4) is 0 Å².